The molecule has 0 aromatic heterocycles. The highest BCUT2D eigenvalue weighted by Gasteiger charge is 2.67. The van der Waals surface area contributed by atoms with Crippen LogP contribution in [0.1, 0.15) is 0 Å². The molecule has 4 aliphatic rings. The zero-order valence-corrected chi connectivity index (χ0v) is 8.41. The average Bonchev–Trinajstić information content (AvgIpc) is 2.48. The van der Waals surface area contributed by atoms with Crippen molar-refractivity contribution in [2.45, 2.75) is 11.7 Å². The second-order valence-electron chi connectivity index (χ2n) is 4.29. The molecule has 0 aromatic carbocycles. The SMILES string of the molecule is CN1C(=O)[C@H]2[C@@H](C1=O)[C@]1(O)C=C[C@H]2OC1=O. The first-order valence-corrected chi connectivity index (χ1v) is 4.91. The van der Waals surface area contributed by atoms with Gasteiger partial charge in [-0.25, -0.2) is 4.79 Å². The van der Waals surface area contributed by atoms with Crippen LogP contribution in [0, 0.1) is 11.8 Å². The summed E-state index contributed by atoms with van der Waals surface area (Å²) in [5.74, 6) is -3.58. The number of likely N-dealkylation sites (tertiary alicyclic amines) is 1. The molecule has 84 valence electrons. The van der Waals surface area contributed by atoms with Crippen molar-refractivity contribution in [1.29, 1.82) is 0 Å². The van der Waals surface area contributed by atoms with E-state index >= 15 is 0 Å². The van der Waals surface area contributed by atoms with E-state index in [0.717, 1.165) is 4.90 Å². The van der Waals surface area contributed by atoms with Crippen LogP contribution in [-0.2, 0) is 19.1 Å². The largest absolute Gasteiger partial charge is 0.455 e. The number of imide groups is 1. The quantitative estimate of drug-likeness (QED) is 0.305. The number of hydrogen-bond donors (Lipinski definition) is 1. The molecule has 0 saturated carbocycles. The van der Waals surface area contributed by atoms with Crippen molar-refractivity contribution < 1.29 is 24.2 Å². The number of aliphatic hydroxyl groups is 1. The fraction of sp³-hybridized carbons (Fsp3) is 0.500. The molecule has 4 atom stereocenters. The molecule has 2 amide bonds. The highest BCUT2D eigenvalue weighted by molar-refractivity contribution is 6.10. The summed E-state index contributed by atoms with van der Waals surface area (Å²) in [7, 11) is 1.34. The van der Waals surface area contributed by atoms with Gasteiger partial charge in [0.25, 0.3) is 0 Å². The van der Waals surface area contributed by atoms with Gasteiger partial charge in [0.05, 0.1) is 11.8 Å². The molecule has 0 spiro atoms. The monoisotopic (exact) mass is 223 g/mol. The molecule has 16 heavy (non-hydrogen) atoms. The first-order chi connectivity index (χ1) is 7.47. The standard InChI is InChI=1S/C10H9NO5/c1-11-7(12)5-4-2-3-10(15,9(14)16-4)6(5)8(11)13/h2-6,15H,1H3/t4-,5-,6+,10-/m1/s1. The molecule has 0 radical (unpaired) electrons. The molecule has 6 heteroatoms. The maximum Gasteiger partial charge on any atom is 0.343 e. The van der Waals surface area contributed by atoms with Crippen LogP contribution in [-0.4, -0.2) is 46.5 Å². The van der Waals surface area contributed by atoms with E-state index in [1.807, 2.05) is 0 Å². The Morgan fingerprint density at radius 3 is 2.69 bits per heavy atom. The van der Waals surface area contributed by atoms with E-state index in [1.54, 1.807) is 0 Å². The Morgan fingerprint density at radius 2 is 2.06 bits per heavy atom. The number of hydrogen-bond acceptors (Lipinski definition) is 5. The third kappa shape index (κ3) is 0.802. The number of carbonyl (C=O) groups is 3. The number of esters is 1. The van der Waals surface area contributed by atoms with E-state index in [2.05, 4.69) is 0 Å². The van der Waals surface area contributed by atoms with Crippen molar-refractivity contribution >= 4 is 17.8 Å². The molecule has 3 heterocycles. The van der Waals surface area contributed by atoms with Crippen LogP contribution in [0.15, 0.2) is 12.2 Å². The highest BCUT2D eigenvalue weighted by Crippen LogP contribution is 2.46. The van der Waals surface area contributed by atoms with Crippen molar-refractivity contribution in [3.8, 4) is 0 Å². The van der Waals surface area contributed by atoms with Gasteiger partial charge in [0, 0.05) is 7.05 Å². The minimum atomic E-state index is -1.98. The number of nitrogens with zero attached hydrogens (tertiary/aromatic N) is 1. The van der Waals surface area contributed by atoms with Gasteiger partial charge in [-0.2, -0.15) is 0 Å². The van der Waals surface area contributed by atoms with E-state index in [0.29, 0.717) is 0 Å². The van der Waals surface area contributed by atoms with Gasteiger partial charge >= 0.3 is 5.97 Å². The third-order valence-electron chi connectivity index (χ3n) is 3.51. The van der Waals surface area contributed by atoms with Crippen LogP contribution in [0.4, 0.5) is 0 Å². The van der Waals surface area contributed by atoms with Gasteiger partial charge < -0.3 is 9.84 Å². The van der Waals surface area contributed by atoms with Crippen LogP contribution in [0.3, 0.4) is 0 Å². The lowest BCUT2D eigenvalue weighted by Gasteiger charge is -2.42. The summed E-state index contributed by atoms with van der Waals surface area (Å²) in [6.07, 6.45) is 2.00. The van der Waals surface area contributed by atoms with Gasteiger partial charge in [0.2, 0.25) is 11.8 Å². The van der Waals surface area contributed by atoms with Gasteiger partial charge in [-0.1, -0.05) is 0 Å². The number of ether oxygens (including phenoxy) is 1. The normalized spacial score (nSPS) is 45.0. The van der Waals surface area contributed by atoms with Crippen LogP contribution in [0.5, 0.6) is 0 Å². The average molecular weight is 223 g/mol. The molecule has 0 unspecified atom stereocenters. The Hall–Kier alpha value is -1.69. The molecule has 1 aliphatic carbocycles. The minimum absolute atomic E-state index is 0.407. The smallest absolute Gasteiger partial charge is 0.343 e. The summed E-state index contributed by atoms with van der Waals surface area (Å²) in [5, 5.41) is 10.1. The fourth-order valence-electron chi connectivity index (χ4n) is 2.62. The zero-order chi connectivity index (χ0) is 11.7. The molecular weight excluding hydrogens is 214 g/mol. The van der Waals surface area contributed by atoms with Crippen molar-refractivity contribution in [1.82, 2.24) is 4.90 Å². The minimum Gasteiger partial charge on any atom is -0.455 e. The molecule has 1 N–H and O–H groups in total. The van der Waals surface area contributed by atoms with Gasteiger partial charge in [0.1, 0.15) is 6.10 Å². The van der Waals surface area contributed by atoms with E-state index < -0.39 is 41.3 Å². The molecule has 0 aromatic rings. The summed E-state index contributed by atoms with van der Waals surface area (Å²) < 4.78 is 4.89. The topological polar surface area (TPSA) is 83.9 Å². The Morgan fingerprint density at radius 1 is 1.38 bits per heavy atom. The number of fused-ring (bicyclic) bond motifs is 1. The summed E-state index contributed by atoms with van der Waals surface area (Å²) >= 11 is 0. The summed E-state index contributed by atoms with van der Waals surface area (Å²) in [5.41, 5.74) is -1.98. The fourth-order valence-corrected chi connectivity index (χ4v) is 2.62. The van der Waals surface area contributed by atoms with Crippen LogP contribution in [0.2, 0.25) is 0 Å². The van der Waals surface area contributed by atoms with Crippen molar-refractivity contribution in [2.24, 2.45) is 11.8 Å². The van der Waals surface area contributed by atoms with E-state index in [-0.39, 0.29) is 0 Å². The van der Waals surface area contributed by atoms with E-state index in [4.69, 9.17) is 4.74 Å². The molecule has 4 rings (SSSR count). The van der Waals surface area contributed by atoms with Gasteiger partial charge in [0.15, 0.2) is 5.60 Å². The van der Waals surface area contributed by atoms with Crippen LogP contribution in [0.25, 0.3) is 0 Å². The molecule has 2 fully saturated rings. The van der Waals surface area contributed by atoms with Gasteiger partial charge in [-0.15, -0.1) is 0 Å². The first-order valence-electron chi connectivity index (χ1n) is 4.91. The lowest BCUT2D eigenvalue weighted by atomic mass is 9.70. The Labute approximate surface area is 90.5 Å². The summed E-state index contributed by atoms with van der Waals surface area (Å²) in [6, 6.07) is 0. The van der Waals surface area contributed by atoms with Crippen molar-refractivity contribution in [3.63, 3.8) is 0 Å². The second kappa shape index (κ2) is 2.52. The maximum absolute atomic E-state index is 11.8. The Bertz CT molecular complexity index is 456. The lowest BCUT2D eigenvalue weighted by molar-refractivity contribution is -0.192. The predicted octanol–water partition coefficient (Wildman–Crippen LogP) is -1.56. The van der Waals surface area contributed by atoms with E-state index in [1.165, 1.54) is 19.2 Å². The lowest BCUT2D eigenvalue weighted by Crippen LogP contribution is -2.60. The maximum atomic E-state index is 11.8. The Balaban J connectivity index is 2.18. The van der Waals surface area contributed by atoms with Crippen molar-refractivity contribution in [3.05, 3.63) is 12.2 Å². The third-order valence-corrected chi connectivity index (χ3v) is 3.51. The number of rotatable bonds is 0. The molecular formula is C10H9NO5. The highest BCUT2D eigenvalue weighted by atomic mass is 16.6. The zero-order valence-electron chi connectivity index (χ0n) is 8.41. The van der Waals surface area contributed by atoms with Crippen molar-refractivity contribution in [2.75, 3.05) is 7.05 Å². The van der Waals surface area contributed by atoms with Gasteiger partial charge in [-0.05, 0) is 12.2 Å². The number of amides is 2. The molecule has 6 nitrogen and oxygen atoms in total. The van der Waals surface area contributed by atoms with Crippen LogP contribution >= 0.6 is 0 Å². The molecule has 2 saturated heterocycles. The second-order valence-corrected chi connectivity index (χ2v) is 4.29. The molecule has 3 aliphatic heterocycles. The first kappa shape index (κ1) is 9.53. The predicted molar refractivity (Wildman–Crippen MR) is 48.7 cm³/mol. The molecule has 2 bridgehead atoms. The number of carbonyl (C=O) groups excluding carboxylic acids is 3. The summed E-state index contributed by atoms with van der Waals surface area (Å²) in [4.78, 5) is 36.0. The van der Waals surface area contributed by atoms with E-state index in [9.17, 15) is 19.5 Å². The van der Waals surface area contributed by atoms with Crippen LogP contribution < -0.4 is 0 Å². The summed E-state index contributed by atoms with van der Waals surface area (Å²) in [6.45, 7) is 0. The Kier molecular flexibility index (Phi) is 1.50. The van der Waals surface area contributed by atoms with Gasteiger partial charge in [-0.3, -0.25) is 14.5 Å².